The van der Waals surface area contributed by atoms with Crippen molar-refractivity contribution in [2.24, 2.45) is 0 Å². The molecule has 7 heteroatoms. The number of rotatable bonds is 8. The van der Waals surface area contributed by atoms with Gasteiger partial charge in [-0.25, -0.2) is 4.79 Å². The van der Waals surface area contributed by atoms with E-state index in [2.05, 4.69) is 32.7 Å². The van der Waals surface area contributed by atoms with Gasteiger partial charge in [0.15, 0.2) is 6.61 Å². The monoisotopic (exact) mass is 499 g/mol. The number of aliphatic carboxylic acids is 1. The zero-order valence-electron chi connectivity index (χ0n) is 18.0. The number of carboxylic acids is 1. The predicted molar refractivity (Wildman–Crippen MR) is 127 cm³/mol. The Bertz CT molecular complexity index is 1000. The van der Waals surface area contributed by atoms with E-state index in [1.54, 1.807) is 12.1 Å². The van der Waals surface area contributed by atoms with Gasteiger partial charge < -0.3 is 19.3 Å². The SMILES string of the molecule is Cc1cc(OC/C=C(\C#CCN2CCOCC2)c2ccc(Br)cc2)ccc1OCC(=O)O. The molecule has 0 unspecified atom stereocenters. The Balaban J connectivity index is 1.66. The number of ether oxygens (including phenoxy) is 3. The molecule has 1 aliphatic heterocycles. The lowest BCUT2D eigenvalue weighted by Gasteiger charge is -2.24. The standard InChI is InChI=1S/C25H26BrNO5/c1-19-17-23(8-9-24(19)32-18-25(28)29)31-14-10-20(21-4-6-22(26)7-5-21)3-2-11-27-12-15-30-16-13-27/h4-10,17H,11-16,18H2,1H3,(H,28,29)/b20-10+. The lowest BCUT2D eigenvalue weighted by atomic mass is 10.1. The summed E-state index contributed by atoms with van der Waals surface area (Å²) in [5.74, 6) is 6.77. The summed E-state index contributed by atoms with van der Waals surface area (Å²) in [6.45, 7) is 5.85. The Hall–Kier alpha value is -2.79. The molecule has 0 aliphatic carbocycles. The normalized spacial score (nSPS) is 14.4. The summed E-state index contributed by atoms with van der Waals surface area (Å²) in [6, 6.07) is 13.3. The minimum absolute atomic E-state index is 0.354. The van der Waals surface area contributed by atoms with E-state index in [1.807, 2.05) is 43.3 Å². The van der Waals surface area contributed by atoms with Gasteiger partial charge in [0.25, 0.3) is 0 Å². The molecule has 1 aliphatic rings. The van der Waals surface area contributed by atoms with Crippen LogP contribution in [0.4, 0.5) is 0 Å². The molecule has 1 N–H and O–H groups in total. The van der Waals surface area contributed by atoms with Crippen molar-refractivity contribution in [3.8, 4) is 23.3 Å². The Morgan fingerprint density at radius 3 is 2.62 bits per heavy atom. The molecule has 3 rings (SSSR count). The molecule has 1 saturated heterocycles. The molecule has 1 heterocycles. The van der Waals surface area contributed by atoms with Gasteiger partial charge >= 0.3 is 5.97 Å². The highest BCUT2D eigenvalue weighted by atomic mass is 79.9. The zero-order valence-corrected chi connectivity index (χ0v) is 19.6. The fourth-order valence-corrected chi connectivity index (χ4v) is 3.38. The maximum Gasteiger partial charge on any atom is 0.341 e. The molecule has 32 heavy (non-hydrogen) atoms. The lowest BCUT2D eigenvalue weighted by molar-refractivity contribution is -0.139. The summed E-state index contributed by atoms with van der Waals surface area (Å²) >= 11 is 3.47. The fraction of sp³-hybridized carbons (Fsp3) is 0.320. The third kappa shape index (κ3) is 7.72. The first-order chi connectivity index (χ1) is 15.5. The van der Waals surface area contributed by atoms with Crippen LogP contribution < -0.4 is 9.47 Å². The zero-order chi connectivity index (χ0) is 22.8. The van der Waals surface area contributed by atoms with Crippen LogP contribution in [0.3, 0.4) is 0 Å². The quantitative estimate of drug-likeness (QED) is 0.553. The van der Waals surface area contributed by atoms with Crippen molar-refractivity contribution in [3.05, 3.63) is 64.1 Å². The van der Waals surface area contributed by atoms with Gasteiger partial charge in [0.05, 0.1) is 19.8 Å². The summed E-state index contributed by atoms with van der Waals surface area (Å²) in [6.07, 6.45) is 1.97. The smallest absolute Gasteiger partial charge is 0.341 e. The number of carbonyl (C=O) groups is 1. The maximum atomic E-state index is 10.7. The van der Waals surface area contributed by atoms with Crippen molar-refractivity contribution in [1.29, 1.82) is 0 Å². The Morgan fingerprint density at radius 2 is 1.94 bits per heavy atom. The van der Waals surface area contributed by atoms with Crippen LogP contribution in [0.15, 0.2) is 53.0 Å². The van der Waals surface area contributed by atoms with Gasteiger partial charge in [0, 0.05) is 23.1 Å². The van der Waals surface area contributed by atoms with E-state index in [0.29, 0.717) is 24.7 Å². The number of morpholine rings is 1. The van der Waals surface area contributed by atoms with Crippen LogP contribution in [0.25, 0.3) is 5.57 Å². The van der Waals surface area contributed by atoms with Crippen LogP contribution in [-0.2, 0) is 9.53 Å². The molecule has 0 saturated carbocycles. The predicted octanol–water partition coefficient (Wildman–Crippen LogP) is 4.02. The van der Waals surface area contributed by atoms with Gasteiger partial charge in [-0.3, -0.25) is 4.90 Å². The van der Waals surface area contributed by atoms with Gasteiger partial charge in [-0.2, -0.15) is 0 Å². The number of hydrogen-bond acceptors (Lipinski definition) is 5. The second-order valence-corrected chi connectivity index (χ2v) is 8.15. The van der Waals surface area contributed by atoms with Crippen molar-refractivity contribution < 1.29 is 24.1 Å². The van der Waals surface area contributed by atoms with E-state index in [1.165, 1.54) is 0 Å². The molecule has 2 aromatic rings. The molecule has 168 valence electrons. The number of benzene rings is 2. The molecule has 0 radical (unpaired) electrons. The second kappa shape index (κ2) is 12.3. The van der Waals surface area contributed by atoms with Crippen LogP contribution in [0, 0.1) is 18.8 Å². The Kier molecular flexibility index (Phi) is 9.17. The highest BCUT2D eigenvalue weighted by molar-refractivity contribution is 9.10. The molecule has 0 atom stereocenters. The highest BCUT2D eigenvalue weighted by Gasteiger charge is 2.08. The van der Waals surface area contributed by atoms with Crippen molar-refractivity contribution in [2.45, 2.75) is 6.92 Å². The first-order valence-corrected chi connectivity index (χ1v) is 11.1. The average molecular weight is 500 g/mol. The third-order valence-corrected chi connectivity index (χ3v) is 5.35. The molecule has 1 fully saturated rings. The van der Waals surface area contributed by atoms with Crippen LogP contribution in [0.5, 0.6) is 11.5 Å². The van der Waals surface area contributed by atoms with Crippen molar-refractivity contribution >= 4 is 27.5 Å². The van der Waals surface area contributed by atoms with E-state index in [9.17, 15) is 4.79 Å². The number of hydrogen-bond donors (Lipinski definition) is 1. The third-order valence-electron chi connectivity index (χ3n) is 4.82. The number of nitrogens with zero attached hydrogens (tertiary/aromatic N) is 1. The number of aryl methyl sites for hydroxylation is 1. The molecular weight excluding hydrogens is 474 g/mol. The summed E-state index contributed by atoms with van der Waals surface area (Å²) in [5.41, 5.74) is 2.75. The number of halogens is 1. The highest BCUT2D eigenvalue weighted by Crippen LogP contribution is 2.24. The molecular formula is C25H26BrNO5. The van der Waals surface area contributed by atoms with Crippen LogP contribution in [0.1, 0.15) is 11.1 Å². The molecule has 0 amide bonds. The van der Waals surface area contributed by atoms with Gasteiger partial charge in [0.2, 0.25) is 0 Å². The molecule has 6 nitrogen and oxygen atoms in total. The van der Waals surface area contributed by atoms with E-state index in [4.69, 9.17) is 19.3 Å². The first-order valence-electron chi connectivity index (χ1n) is 10.3. The molecule has 0 spiro atoms. The Morgan fingerprint density at radius 1 is 1.19 bits per heavy atom. The van der Waals surface area contributed by atoms with Gasteiger partial charge in [-0.05, 0) is 54.5 Å². The fourth-order valence-electron chi connectivity index (χ4n) is 3.11. The van der Waals surface area contributed by atoms with Crippen molar-refractivity contribution in [1.82, 2.24) is 4.90 Å². The summed E-state index contributed by atoms with van der Waals surface area (Å²) in [5, 5.41) is 8.76. The van der Waals surface area contributed by atoms with E-state index < -0.39 is 5.97 Å². The Labute approximate surface area is 196 Å². The molecule has 0 aromatic heterocycles. The minimum atomic E-state index is -1.01. The second-order valence-electron chi connectivity index (χ2n) is 7.24. The van der Waals surface area contributed by atoms with Gasteiger partial charge in [-0.1, -0.05) is 39.9 Å². The van der Waals surface area contributed by atoms with Crippen LogP contribution >= 0.6 is 15.9 Å². The van der Waals surface area contributed by atoms with Gasteiger partial charge in [-0.15, -0.1) is 0 Å². The number of allylic oxidation sites excluding steroid dienone is 1. The maximum absolute atomic E-state index is 10.7. The van der Waals surface area contributed by atoms with Crippen molar-refractivity contribution in [3.63, 3.8) is 0 Å². The minimum Gasteiger partial charge on any atom is -0.489 e. The van der Waals surface area contributed by atoms with Crippen LogP contribution in [0.2, 0.25) is 0 Å². The largest absolute Gasteiger partial charge is 0.489 e. The van der Waals surface area contributed by atoms with Crippen molar-refractivity contribution in [2.75, 3.05) is 46.1 Å². The lowest BCUT2D eigenvalue weighted by Crippen LogP contribution is -2.36. The topological polar surface area (TPSA) is 68.2 Å². The molecule has 2 aromatic carbocycles. The first kappa shape index (κ1) is 23.9. The van der Waals surface area contributed by atoms with E-state index in [-0.39, 0.29) is 6.61 Å². The number of carboxylic acid groups (broad SMARTS) is 1. The summed E-state index contributed by atoms with van der Waals surface area (Å²) in [7, 11) is 0. The van der Waals surface area contributed by atoms with Crippen LogP contribution in [-0.4, -0.2) is 62.0 Å². The van der Waals surface area contributed by atoms with Gasteiger partial charge in [0.1, 0.15) is 18.1 Å². The molecule has 0 bridgehead atoms. The van der Waals surface area contributed by atoms with E-state index in [0.717, 1.165) is 47.5 Å². The summed E-state index contributed by atoms with van der Waals surface area (Å²) < 4.78 is 17.5. The summed E-state index contributed by atoms with van der Waals surface area (Å²) in [4.78, 5) is 13.0. The average Bonchev–Trinajstić information content (AvgIpc) is 2.79. The van der Waals surface area contributed by atoms with E-state index >= 15 is 0 Å².